The highest BCUT2D eigenvalue weighted by Gasteiger charge is 2.38. The molecular formula is C23H17F5N8O2. The van der Waals surface area contributed by atoms with Gasteiger partial charge in [0, 0.05) is 18.0 Å². The summed E-state index contributed by atoms with van der Waals surface area (Å²) in [5.41, 5.74) is -1.40. The number of hydrogen-bond acceptors (Lipinski definition) is 8. The second kappa shape index (κ2) is 9.43. The summed E-state index contributed by atoms with van der Waals surface area (Å²) in [6, 6.07) is 3.23. The molecule has 0 saturated heterocycles. The smallest absolute Gasteiger partial charge is 0.432 e. The van der Waals surface area contributed by atoms with E-state index in [-0.39, 0.29) is 34.3 Å². The number of fused-ring (bicyclic) bond motifs is 1. The molecule has 196 valence electrons. The molecule has 15 heteroatoms. The molecule has 0 aromatic carbocycles. The number of nitrogens with one attached hydrogen (secondary N) is 1. The molecule has 1 fully saturated rings. The summed E-state index contributed by atoms with van der Waals surface area (Å²) in [5.74, 6) is -0.114. The maximum absolute atomic E-state index is 13.0. The number of hydrogen-bond donors (Lipinski definition) is 1. The normalized spacial score (nSPS) is 18.3. The summed E-state index contributed by atoms with van der Waals surface area (Å²) >= 11 is 0. The van der Waals surface area contributed by atoms with Gasteiger partial charge in [-0.25, -0.2) is 19.6 Å². The number of nitriles is 1. The van der Waals surface area contributed by atoms with Crippen LogP contribution >= 0.6 is 0 Å². The van der Waals surface area contributed by atoms with E-state index in [1.807, 2.05) is 6.07 Å². The highest BCUT2D eigenvalue weighted by Crippen LogP contribution is 2.47. The minimum Gasteiger partial charge on any atom is -0.432 e. The highest BCUT2D eigenvalue weighted by molar-refractivity contribution is 5.80. The van der Waals surface area contributed by atoms with Crippen LogP contribution in [0, 0.1) is 11.3 Å². The Morgan fingerprint density at radius 1 is 1.13 bits per heavy atom. The summed E-state index contributed by atoms with van der Waals surface area (Å²) in [7, 11) is 0. The van der Waals surface area contributed by atoms with Gasteiger partial charge in [-0.1, -0.05) is 6.07 Å². The fraction of sp³-hybridized carbons (Fsp3) is 0.348. The lowest BCUT2D eigenvalue weighted by molar-refractivity contribution is -0.141. The third kappa shape index (κ3) is 4.53. The molecular weight excluding hydrogens is 515 g/mol. The summed E-state index contributed by atoms with van der Waals surface area (Å²) < 4.78 is 69.1. The maximum Gasteiger partial charge on any atom is 0.433 e. The van der Waals surface area contributed by atoms with Crippen molar-refractivity contribution in [2.75, 3.05) is 0 Å². The summed E-state index contributed by atoms with van der Waals surface area (Å²) in [6.07, 6.45) is 0.000771. The number of halogens is 5. The van der Waals surface area contributed by atoms with Crippen LogP contribution in [0.25, 0.3) is 11.0 Å². The first kappa shape index (κ1) is 25.2. The van der Waals surface area contributed by atoms with Crippen LogP contribution in [0.2, 0.25) is 0 Å². The zero-order valence-electron chi connectivity index (χ0n) is 19.4. The van der Waals surface area contributed by atoms with Gasteiger partial charge in [0.05, 0.1) is 18.4 Å². The van der Waals surface area contributed by atoms with Crippen molar-refractivity contribution >= 4 is 11.0 Å². The molecule has 1 N–H and O–H groups in total. The summed E-state index contributed by atoms with van der Waals surface area (Å²) in [6.45, 7) is -1.38. The number of H-pyrrole nitrogens is 1. The van der Waals surface area contributed by atoms with Crippen molar-refractivity contribution in [2.24, 2.45) is 0 Å². The third-order valence-electron chi connectivity index (χ3n) is 6.44. The largest absolute Gasteiger partial charge is 0.433 e. The molecule has 2 unspecified atom stereocenters. The van der Waals surface area contributed by atoms with Gasteiger partial charge in [0.1, 0.15) is 28.8 Å². The van der Waals surface area contributed by atoms with Crippen molar-refractivity contribution in [2.45, 2.75) is 50.4 Å². The van der Waals surface area contributed by atoms with Gasteiger partial charge in [0.2, 0.25) is 0 Å². The Labute approximate surface area is 210 Å². The van der Waals surface area contributed by atoms with Crippen molar-refractivity contribution in [3.05, 3.63) is 69.7 Å². The highest BCUT2D eigenvalue weighted by atomic mass is 19.4. The van der Waals surface area contributed by atoms with Crippen molar-refractivity contribution < 1.29 is 26.7 Å². The number of nitrogens with zero attached hydrogens (tertiary/aromatic N) is 7. The summed E-state index contributed by atoms with van der Waals surface area (Å²) in [4.78, 5) is 31.9. The van der Waals surface area contributed by atoms with Crippen LogP contribution in [0.5, 0.6) is 5.75 Å². The minimum absolute atomic E-state index is 0.0522. The average molecular weight is 532 g/mol. The molecule has 0 bridgehead atoms. The molecule has 0 radical (unpaired) electrons. The zero-order valence-corrected chi connectivity index (χ0v) is 19.4. The molecule has 0 spiro atoms. The van der Waals surface area contributed by atoms with Gasteiger partial charge in [-0.2, -0.15) is 32.3 Å². The second-order valence-electron chi connectivity index (χ2n) is 8.65. The van der Waals surface area contributed by atoms with Crippen LogP contribution < -0.4 is 10.3 Å². The molecule has 10 nitrogen and oxygen atoms in total. The van der Waals surface area contributed by atoms with Gasteiger partial charge in [0.25, 0.3) is 5.56 Å². The van der Waals surface area contributed by atoms with Crippen molar-refractivity contribution in [3.63, 3.8) is 0 Å². The van der Waals surface area contributed by atoms with E-state index in [2.05, 4.69) is 34.8 Å². The lowest BCUT2D eigenvalue weighted by Gasteiger charge is -2.34. The van der Waals surface area contributed by atoms with Crippen molar-refractivity contribution in [1.82, 2.24) is 34.7 Å². The molecule has 4 aromatic heterocycles. The topological polar surface area (TPSA) is 135 Å². The first-order valence-corrected chi connectivity index (χ1v) is 11.3. The molecule has 5 rings (SSSR count). The maximum atomic E-state index is 13.0. The Kier molecular flexibility index (Phi) is 6.25. The lowest BCUT2D eigenvalue weighted by Crippen LogP contribution is -2.28. The molecule has 0 amide bonds. The molecule has 4 heterocycles. The van der Waals surface area contributed by atoms with Gasteiger partial charge in [-0.3, -0.25) is 9.78 Å². The van der Waals surface area contributed by atoms with E-state index in [1.165, 1.54) is 10.7 Å². The van der Waals surface area contributed by atoms with Gasteiger partial charge < -0.3 is 9.72 Å². The Balaban J connectivity index is 1.50. The van der Waals surface area contributed by atoms with E-state index in [0.717, 1.165) is 24.7 Å². The number of pyridine rings is 1. The molecule has 1 aliphatic carbocycles. The van der Waals surface area contributed by atoms with Gasteiger partial charge in [-0.05, 0) is 31.4 Å². The zero-order chi connectivity index (χ0) is 27.2. The standard InChI is InChI=1S/C23H17F5N8O2/c1-10(11-2-5-16(30-7-11)23(26,27)28)36-20-17(15(6-29)35-36)21(37)34-19(33-20)14-4-3-13(14)18-31-8-12(9-32-18)38-22(24)25/h2,5,7-10,13-14,22H,3-4H2,1H3,(H,33,34,37)/t10-,13?,14?/m0/s1. The molecule has 1 saturated carbocycles. The number of aromatic amines is 1. The predicted molar refractivity (Wildman–Crippen MR) is 119 cm³/mol. The van der Waals surface area contributed by atoms with Crippen LogP contribution in [-0.2, 0) is 6.18 Å². The number of aromatic nitrogens is 7. The lowest BCUT2D eigenvalue weighted by atomic mass is 9.72. The number of rotatable bonds is 6. The first-order chi connectivity index (χ1) is 18.1. The van der Waals surface area contributed by atoms with E-state index in [9.17, 15) is 32.0 Å². The van der Waals surface area contributed by atoms with Gasteiger partial charge in [0.15, 0.2) is 17.1 Å². The average Bonchev–Trinajstić information content (AvgIpc) is 3.22. The first-order valence-electron chi connectivity index (χ1n) is 11.3. The SMILES string of the molecule is C[C@@H](c1ccc(C(F)(F)F)nc1)n1nc(C#N)c2c(=O)[nH]c(C3CCC3c3ncc(OC(F)F)cn3)nc21. The van der Waals surface area contributed by atoms with E-state index in [0.29, 0.717) is 30.1 Å². The van der Waals surface area contributed by atoms with E-state index >= 15 is 0 Å². The fourth-order valence-electron chi connectivity index (χ4n) is 4.37. The predicted octanol–water partition coefficient (Wildman–Crippen LogP) is 4.07. The van der Waals surface area contributed by atoms with Crippen molar-refractivity contribution in [3.8, 4) is 11.8 Å². The van der Waals surface area contributed by atoms with Crippen molar-refractivity contribution in [1.29, 1.82) is 5.26 Å². The quantitative estimate of drug-likeness (QED) is 0.367. The molecule has 4 aromatic rings. The van der Waals surface area contributed by atoms with Gasteiger partial charge >= 0.3 is 12.8 Å². The van der Waals surface area contributed by atoms with Gasteiger partial charge in [-0.15, -0.1) is 0 Å². The number of alkyl halides is 5. The van der Waals surface area contributed by atoms with E-state index < -0.39 is 30.1 Å². The van der Waals surface area contributed by atoms with Crippen LogP contribution in [-0.4, -0.2) is 41.3 Å². The Bertz CT molecular complexity index is 1580. The Morgan fingerprint density at radius 3 is 2.39 bits per heavy atom. The minimum atomic E-state index is -4.60. The summed E-state index contributed by atoms with van der Waals surface area (Å²) in [5, 5.41) is 13.7. The van der Waals surface area contributed by atoms with E-state index in [4.69, 9.17) is 0 Å². The fourth-order valence-corrected chi connectivity index (χ4v) is 4.37. The van der Waals surface area contributed by atoms with Crippen LogP contribution in [0.15, 0.2) is 35.5 Å². The number of ether oxygens (including phenoxy) is 1. The molecule has 0 aliphatic heterocycles. The Morgan fingerprint density at radius 2 is 1.84 bits per heavy atom. The van der Waals surface area contributed by atoms with Crippen LogP contribution in [0.3, 0.4) is 0 Å². The molecule has 38 heavy (non-hydrogen) atoms. The molecule has 3 atom stereocenters. The van der Waals surface area contributed by atoms with Crippen LogP contribution in [0.1, 0.15) is 66.2 Å². The van der Waals surface area contributed by atoms with Crippen LogP contribution in [0.4, 0.5) is 22.0 Å². The second-order valence-corrected chi connectivity index (χ2v) is 8.65. The molecule has 1 aliphatic rings. The monoisotopic (exact) mass is 532 g/mol. The van der Waals surface area contributed by atoms with E-state index in [1.54, 1.807) is 6.92 Å². The Hall–Kier alpha value is -4.48. The third-order valence-corrected chi connectivity index (χ3v) is 6.44.